The molecule has 0 atom stereocenters. The number of thiazole rings is 1. The minimum absolute atomic E-state index is 0.130. The molecular weight excluding hydrogens is 398 g/mol. The summed E-state index contributed by atoms with van der Waals surface area (Å²) in [6, 6.07) is 8.14. The van der Waals surface area contributed by atoms with E-state index in [-0.39, 0.29) is 5.91 Å². The second-order valence-electron chi connectivity index (χ2n) is 8.13. The number of morpholine rings is 1. The topological polar surface area (TPSA) is 73.1 Å². The van der Waals surface area contributed by atoms with Crippen molar-refractivity contribution in [1.82, 2.24) is 24.4 Å². The summed E-state index contributed by atoms with van der Waals surface area (Å²) in [7, 11) is 1.97. The Morgan fingerprint density at radius 2 is 2.00 bits per heavy atom. The van der Waals surface area contributed by atoms with Gasteiger partial charge >= 0.3 is 0 Å². The maximum absolute atomic E-state index is 13.2. The molecule has 8 heteroatoms. The van der Waals surface area contributed by atoms with Crippen LogP contribution in [0, 0.1) is 0 Å². The third kappa shape index (κ3) is 3.07. The van der Waals surface area contributed by atoms with E-state index in [1.807, 2.05) is 48.6 Å². The third-order valence-corrected chi connectivity index (χ3v) is 6.78. The molecule has 4 aromatic rings. The van der Waals surface area contributed by atoms with Crippen LogP contribution in [-0.4, -0.2) is 56.6 Å². The zero-order valence-corrected chi connectivity index (χ0v) is 18.1. The number of fused-ring (bicyclic) bond motifs is 3. The fourth-order valence-electron chi connectivity index (χ4n) is 3.95. The number of imidazole rings is 1. The van der Waals surface area contributed by atoms with Crippen molar-refractivity contribution in [2.24, 2.45) is 7.05 Å². The molecule has 3 aromatic heterocycles. The van der Waals surface area contributed by atoms with E-state index in [2.05, 4.69) is 16.0 Å². The number of pyridine rings is 1. The Labute approximate surface area is 178 Å². The molecule has 5 rings (SSSR count). The number of carbonyl (C=O) groups is 1. The number of aromatic nitrogens is 4. The number of nitrogens with zero attached hydrogens (tertiary/aromatic N) is 5. The van der Waals surface area contributed by atoms with Crippen molar-refractivity contribution in [3.63, 3.8) is 0 Å². The first kappa shape index (κ1) is 19.1. The summed E-state index contributed by atoms with van der Waals surface area (Å²) in [5.41, 5.74) is 4.04. The van der Waals surface area contributed by atoms with E-state index >= 15 is 0 Å². The normalized spacial score (nSPS) is 15.2. The van der Waals surface area contributed by atoms with Crippen LogP contribution in [0.15, 0.2) is 36.8 Å². The van der Waals surface area contributed by atoms with Gasteiger partial charge in [-0.2, -0.15) is 0 Å². The quantitative estimate of drug-likeness (QED) is 0.507. The van der Waals surface area contributed by atoms with Crippen molar-refractivity contribution >= 4 is 38.6 Å². The van der Waals surface area contributed by atoms with Crippen LogP contribution < -0.4 is 0 Å². The van der Waals surface area contributed by atoms with E-state index in [1.165, 1.54) is 0 Å². The van der Waals surface area contributed by atoms with Gasteiger partial charge in [-0.15, -0.1) is 0 Å². The van der Waals surface area contributed by atoms with Crippen LogP contribution in [0.3, 0.4) is 0 Å². The number of hydrogen-bond donors (Lipinski definition) is 0. The Kier molecular flexibility index (Phi) is 4.56. The number of amides is 1. The summed E-state index contributed by atoms with van der Waals surface area (Å²) in [4.78, 5) is 29.8. The maximum atomic E-state index is 13.2. The Bertz CT molecular complexity index is 1250. The van der Waals surface area contributed by atoms with E-state index in [4.69, 9.17) is 9.72 Å². The Morgan fingerprint density at radius 3 is 2.80 bits per heavy atom. The largest absolute Gasteiger partial charge is 0.378 e. The molecule has 0 unspecified atom stereocenters. The molecule has 1 fully saturated rings. The van der Waals surface area contributed by atoms with Crippen LogP contribution in [0.2, 0.25) is 0 Å². The number of hydrogen-bond acceptors (Lipinski definition) is 6. The third-order valence-electron chi connectivity index (χ3n) is 5.77. The fourth-order valence-corrected chi connectivity index (χ4v) is 4.86. The Balaban J connectivity index is 1.54. The van der Waals surface area contributed by atoms with Crippen molar-refractivity contribution in [3.05, 3.63) is 42.4 Å². The summed E-state index contributed by atoms with van der Waals surface area (Å²) in [5.74, 6) is 0.130. The lowest BCUT2D eigenvalue weighted by atomic mass is 9.82. The van der Waals surface area contributed by atoms with Crippen LogP contribution >= 0.6 is 11.3 Å². The molecule has 1 aliphatic rings. The molecule has 0 aliphatic carbocycles. The average molecular weight is 422 g/mol. The second-order valence-corrected chi connectivity index (χ2v) is 9.11. The predicted octanol–water partition coefficient (Wildman–Crippen LogP) is 3.38. The van der Waals surface area contributed by atoms with Gasteiger partial charge in [0.15, 0.2) is 0 Å². The lowest BCUT2D eigenvalue weighted by Crippen LogP contribution is -2.48. The van der Waals surface area contributed by atoms with Crippen molar-refractivity contribution < 1.29 is 9.53 Å². The van der Waals surface area contributed by atoms with Gasteiger partial charge in [-0.05, 0) is 25.5 Å². The lowest BCUT2D eigenvalue weighted by molar-refractivity contribution is -0.140. The highest BCUT2D eigenvalue weighted by Gasteiger charge is 2.34. The van der Waals surface area contributed by atoms with E-state index in [1.54, 1.807) is 23.9 Å². The van der Waals surface area contributed by atoms with E-state index in [9.17, 15) is 4.79 Å². The molecule has 0 spiro atoms. The SMILES string of the molecule is Cn1cnc2cnc3sc(-c4cccc(C(C)(C)C(=O)N5CCOCC5)c4)nc3c21. The van der Waals surface area contributed by atoms with Crippen molar-refractivity contribution in [2.75, 3.05) is 26.3 Å². The molecule has 0 bridgehead atoms. The fraction of sp³-hybridized carbons (Fsp3) is 0.364. The van der Waals surface area contributed by atoms with Gasteiger partial charge in [-0.25, -0.2) is 15.0 Å². The number of rotatable bonds is 3. The van der Waals surface area contributed by atoms with Gasteiger partial charge in [-0.3, -0.25) is 4.79 Å². The number of aryl methyl sites for hydroxylation is 1. The zero-order chi connectivity index (χ0) is 20.9. The molecule has 7 nitrogen and oxygen atoms in total. The second kappa shape index (κ2) is 7.14. The Hall–Kier alpha value is -2.84. The summed E-state index contributed by atoms with van der Waals surface area (Å²) >= 11 is 1.56. The molecule has 30 heavy (non-hydrogen) atoms. The van der Waals surface area contributed by atoms with Crippen LogP contribution in [0.1, 0.15) is 19.4 Å². The molecule has 0 radical (unpaired) electrons. The minimum Gasteiger partial charge on any atom is -0.378 e. The van der Waals surface area contributed by atoms with Gasteiger partial charge in [0, 0.05) is 25.7 Å². The number of ether oxygens (including phenoxy) is 1. The van der Waals surface area contributed by atoms with E-state index in [0.29, 0.717) is 26.3 Å². The Morgan fingerprint density at radius 1 is 1.20 bits per heavy atom. The highest BCUT2D eigenvalue weighted by atomic mass is 32.1. The molecule has 1 saturated heterocycles. The minimum atomic E-state index is -0.627. The number of carbonyl (C=O) groups excluding carboxylic acids is 1. The van der Waals surface area contributed by atoms with E-state index in [0.717, 1.165) is 37.5 Å². The standard InChI is InChI=1S/C22H23N5O2S/c1-22(2,21(28)27-7-9-29-10-8-27)15-6-4-5-14(11-15)19-25-17-18-16(24-13-26(18)3)12-23-20(17)30-19/h4-6,11-13H,7-10H2,1-3H3. The van der Waals surface area contributed by atoms with Crippen molar-refractivity contribution in [3.8, 4) is 10.6 Å². The van der Waals surface area contributed by atoms with Crippen LogP contribution in [0.4, 0.5) is 0 Å². The molecule has 4 heterocycles. The first-order valence-corrected chi connectivity index (χ1v) is 10.8. The summed E-state index contributed by atoms with van der Waals surface area (Å²) < 4.78 is 7.37. The summed E-state index contributed by atoms with van der Waals surface area (Å²) in [6.45, 7) is 6.47. The van der Waals surface area contributed by atoms with Crippen LogP contribution in [-0.2, 0) is 22.0 Å². The monoisotopic (exact) mass is 421 g/mol. The van der Waals surface area contributed by atoms with Gasteiger partial charge in [0.05, 0.1) is 36.7 Å². The molecule has 1 amide bonds. The van der Waals surface area contributed by atoms with Gasteiger partial charge < -0.3 is 14.2 Å². The van der Waals surface area contributed by atoms with Crippen molar-refractivity contribution in [1.29, 1.82) is 0 Å². The zero-order valence-electron chi connectivity index (χ0n) is 17.3. The van der Waals surface area contributed by atoms with Gasteiger partial charge in [0.1, 0.15) is 20.9 Å². The number of benzene rings is 1. The lowest BCUT2D eigenvalue weighted by Gasteiger charge is -2.34. The molecule has 1 aliphatic heterocycles. The van der Waals surface area contributed by atoms with Gasteiger partial charge in [0.25, 0.3) is 0 Å². The molecular formula is C22H23N5O2S. The van der Waals surface area contributed by atoms with Crippen molar-refractivity contribution in [2.45, 2.75) is 19.3 Å². The first-order valence-electron chi connectivity index (χ1n) is 10.00. The van der Waals surface area contributed by atoms with Gasteiger partial charge in [0.2, 0.25) is 5.91 Å². The van der Waals surface area contributed by atoms with Crippen LogP contribution in [0.25, 0.3) is 32.0 Å². The summed E-state index contributed by atoms with van der Waals surface area (Å²) in [6.07, 6.45) is 3.57. The summed E-state index contributed by atoms with van der Waals surface area (Å²) in [5, 5.41) is 0.891. The van der Waals surface area contributed by atoms with Crippen LogP contribution in [0.5, 0.6) is 0 Å². The first-order chi connectivity index (χ1) is 14.4. The molecule has 0 N–H and O–H groups in total. The maximum Gasteiger partial charge on any atom is 0.232 e. The highest BCUT2D eigenvalue weighted by Crippen LogP contribution is 2.35. The smallest absolute Gasteiger partial charge is 0.232 e. The van der Waals surface area contributed by atoms with E-state index < -0.39 is 5.41 Å². The average Bonchev–Trinajstić information content (AvgIpc) is 3.37. The highest BCUT2D eigenvalue weighted by molar-refractivity contribution is 7.21. The molecule has 0 saturated carbocycles. The molecule has 154 valence electrons. The predicted molar refractivity (Wildman–Crippen MR) is 118 cm³/mol. The van der Waals surface area contributed by atoms with Gasteiger partial charge in [-0.1, -0.05) is 29.5 Å². The molecule has 1 aromatic carbocycles.